The molecule has 6 heteroatoms. The molecule has 0 aliphatic carbocycles. The number of hydrogen-bond acceptors (Lipinski definition) is 5. The number of nitrogens with zero attached hydrogens (tertiary/aromatic N) is 1. The van der Waals surface area contributed by atoms with E-state index in [1.807, 2.05) is 13.0 Å². The summed E-state index contributed by atoms with van der Waals surface area (Å²) in [4.78, 5) is 13.9. The number of amides is 1. The topological polar surface area (TPSA) is 76.8 Å². The molecule has 3 N–H and O–H groups in total. The predicted octanol–water partition coefficient (Wildman–Crippen LogP) is 1.12. The Morgan fingerprint density at radius 3 is 2.33 bits per heavy atom. The molecule has 1 amide bonds. The number of benzene rings is 1. The number of hydrogen-bond donors (Lipinski definition) is 2. The van der Waals surface area contributed by atoms with Crippen LogP contribution in [0.3, 0.4) is 0 Å². The Labute approximate surface area is 126 Å². The minimum atomic E-state index is -0.115. The monoisotopic (exact) mass is 295 g/mol. The second kappa shape index (κ2) is 9.20. The zero-order chi connectivity index (χ0) is 15.7. The Balaban J connectivity index is 2.89. The standard InChI is InChI=1S/C15H25N3O3/c1-4-17-15(19)12-5-6-14(13(16)11-12)18(7-9-20-2)8-10-21-3/h5-6,11H,4,7-10,16H2,1-3H3,(H,17,19). The van der Waals surface area contributed by atoms with Gasteiger partial charge in [-0.05, 0) is 25.1 Å². The number of methoxy groups -OCH3 is 2. The summed E-state index contributed by atoms with van der Waals surface area (Å²) in [6.45, 7) is 5.10. The number of carbonyl (C=O) groups is 1. The Kier molecular flexibility index (Phi) is 7.56. The zero-order valence-corrected chi connectivity index (χ0v) is 13.0. The van der Waals surface area contributed by atoms with Gasteiger partial charge in [0, 0.05) is 39.4 Å². The molecule has 0 radical (unpaired) electrons. The Morgan fingerprint density at radius 2 is 1.86 bits per heavy atom. The fourth-order valence-corrected chi connectivity index (χ4v) is 2.00. The van der Waals surface area contributed by atoms with Gasteiger partial charge in [-0.3, -0.25) is 4.79 Å². The molecule has 0 saturated carbocycles. The van der Waals surface area contributed by atoms with Crippen LogP contribution in [0.25, 0.3) is 0 Å². The van der Waals surface area contributed by atoms with E-state index in [-0.39, 0.29) is 5.91 Å². The molecule has 21 heavy (non-hydrogen) atoms. The first kappa shape index (κ1) is 17.3. The van der Waals surface area contributed by atoms with Gasteiger partial charge in [0.25, 0.3) is 5.91 Å². The molecule has 0 aromatic heterocycles. The molecule has 1 aromatic rings. The molecular weight excluding hydrogens is 270 g/mol. The molecule has 1 aromatic carbocycles. The fourth-order valence-electron chi connectivity index (χ4n) is 2.00. The first-order valence-corrected chi connectivity index (χ1v) is 7.04. The van der Waals surface area contributed by atoms with Crippen molar-refractivity contribution in [1.29, 1.82) is 0 Å². The van der Waals surface area contributed by atoms with Crippen molar-refractivity contribution >= 4 is 17.3 Å². The van der Waals surface area contributed by atoms with E-state index in [9.17, 15) is 4.79 Å². The van der Waals surface area contributed by atoms with E-state index in [1.54, 1.807) is 26.4 Å². The third-order valence-corrected chi connectivity index (χ3v) is 3.10. The van der Waals surface area contributed by atoms with Gasteiger partial charge in [-0.1, -0.05) is 0 Å². The number of nitrogen functional groups attached to an aromatic ring is 1. The third-order valence-electron chi connectivity index (χ3n) is 3.10. The van der Waals surface area contributed by atoms with Crippen LogP contribution >= 0.6 is 0 Å². The summed E-state index contributed by atoms with van der Waals surface area (Å²) in [5.74, 6) is -0.115. The van der Waals surface area contributed by atoms with Crippen LogP contribution in [0.1, 0.15) is 17.3 Å². The van der Waals surface area contributed by atoms with E-state index < -0.39 is 0 Å². The van der Waals surface area contributed by atoms with E-state index in [4.69, 9.17) is 15.2 Å². The largest absolute Gasteiger partial charge is 0.397 e. The highest BCUT2D eigenvalue weighted by molar-refractivity contribution is 5.96. The molecule has 6 nitrogen and oxygen atoms in total. The minimum Gasteiger partial charge on any atom is -0.397 e. The Morgan fingerprint density at radius 1 is 1.24 bits per heavy atom. The van der Waals surface area contributed by atoms with Gasteiger partial charge >= 0.3 is 0 Å². The summed E-state index contributed by atoms with van der Waals surface area (Å²) in [6, 6.07) is 5.35. The summed E-state index contributed by atoms with van der Waals surface area (Å²) in [7, 11) is 3.33. The van der Waals surface area contributed by atoms with Gasteiger partial charge in [-0.2, -0.15) is 0 Å². The van der Waals surface area contributed by atoms with Gasteiger partial charge in [0.1, 0.15) is 0 Å². The van der Waals surface area contributed by atoms with Crippen LogP contribution in [0.2, 0.25) is 0 Å². The quantitative estimate of drug-likeness (QED) is 0.668. The average molecular weight is 295 g/mol. The number of nitrogens with two attached hydrogens (primary N) is 1. The van der Waals surface area contributed by atoms with Crippen molar-refractivity contribution in [3.05, 3.63) is 23.8 Å². The van der Waals surface area contributed by atoms with Gasteiger partial charge in [0.15, 0.2) is 0 Å². The maximum atomic E-state index is 11.8. The Hall–Kier alpha value is -1.79. The van der Waals surface area contributed by atoms with Crippen LogP contribution < -0.4 is 16.0 Å². The first-order chi connectivity index (χ1) is 10.1. The van der Waals surface area contributed by atoms with Gasteiger partial charge in [-0.25, -0.2) is 0 Å². The highest BCUT2D eigenvalue weighted by atomic mass is 16.5. The summed E-state index contributed by atoms with van der Waals surface area (Å²) in [5, 5.41) is 2.76. The van der Waals surface area contributed by atoms with Crippen molar-refractivity contribution in [3.8, 4) is 0 Å². The van der Waals surface area contributed by atoms with E-state index in [1.165, 1.54) is 0 Å². The van der Waals surface area contributed by atoms with Crippen LogP contribution in [0.4, 0.5) is 11.4 Å². The molecule has 118 valence electrons. The molecule has 0 heterocycles. The molecule has 0 aliphatic heterocycles. The SMILES string of the molecule is CCNC(=O)c1ccc(N(CCOC)CCOC)c(N)c1. The second-order valence-electron chi connectivity index (χ2n) is 4.61. The highest BCUT2D eigenvalue weighted by Gasteiger charge is 2.12. The maximum Gasteiger partial charge on any atom is 0.251 e. The molecule has 0 unspecified atom stereocenters. The minimum absolute atomic E-state index is 0.115. The van der Waals surface area contributed by atoms with Crippen molar-refractivity contribution in [2.45, 2.75) is 6.92 Å². The number of nitrogens with one attached hydrogen (secondary N) is 1. The van der Waals surface area contributed by atoms with Gasteiger partial charge in [-0.15, -0.1) is 0 Å². The van der Waals surface area contributed by atoms with Crippen molar-refractivity contribution in [3.63, 3.8) is 0 Å². The molecular formula is C15H25N3O3. The molecule has 0 atom stereocenters. The third kappa shape index (κ3) is 5.24. The fraction of sp³-hybridized carbons (Fsp3) is 0.533. The van der Waals surface area contributed by atoms with Gasteiger partial charge in [0.2, 0.25) is 0 Å². The van der Waals surface area contributed by atoms with E-state index in [2.05, 4.69) is 10.2 Å². The first-order valence-electron chi connectivity index (χ1n) is 7.04. The van der Waals surface area contributed by atoms with E-state index in [0.29, 0.717) is 44.1 Å². The molecule has 0 bridgehead atoms. The number of carbonyl (C=O) groups excluding carboxylic acids is 1. The molecule has 0 saturated heterocycles. The van der Waals surface area contributed by atoms with Crippen molar-refractivity contribution < 1.29 is 14.3 Å². The summed E-state index contributed by atoms with van der Waals surface area (Å²) in [5.41, 5.74) is 8.12. The van der Waals surface area contributed by atoms with Crippen LogP contribution in [0.15, 0.2) is 18.2 Å². The zero-order valence-electron chi connectivity index (χ0n) is 13.0. The summed E-state index contributed by atoms with van der Waals surface area (Å²) >= 11 is 0. The lowest BCUT2D eigenvalue weighted by Crippen LogP contribution is -2.31. The number of anilines is 2. The molecule has 1 rings (SSSR count). The summed E-state index contributed by atoms with van der Waals surface area (Å²) in [6.07, 6.45) is 0. The number of rotatable bonds is 9. The molecule has 0 aliphatic rings. The van der Waals surface area contributed by atoms with Crippen molar-refractivity contribution in [1.82, 2.24) is 5.32 Å². The highest BCUT2D eigenvalue weighted by Crippen LogP contribution is 2.24. The van der Waals surface area contributed by atoms with Crippen molar-refractivity contribution in [2.75, 3.05) is 57.7 Å². The predicted molar refractivity (Wildman–Crippen MR) is 84.8 cm³/mol. The van der Waals surface area contributed by atoms with E-state index in [0.717, 1.165) is 5.69 Å². The molecule has 0 fully saturated rings. The lowest BCUT2D eigenvalue weighted by Gasteiger charge is -2.26. The normalized spacial score (nSPS) is 10.4. The van der Waals surface area contributed by atoms with Crippen LogP contribution in [0.5, 0.6) is 0 Å². The molecule has 0 spiro atoms. The summed E-state index contributed by atoms with van der Waals surface area (Å²) < 4.78 is 10.2. The second-order valence-corrected chi connectivity index (χ2v) is 4.61. The van der Waals surface area contributed by atoms with E-state index >= 15 is 0 Å². The van der Waals surface area contributed by atoms with Crippen LogP contribution in [-0.2, 0) is 9.47 Å². The van der Waals surface area contributed by atoms with Crippen molar-refractivity contribution in [2.24, 2.45) is 0 Å². The lowest BCUT2D eigenvalue weighted by atomic mass is 10.1. The van der Waals surface area contributed by atoms with Crippen LogP contribution in [0, 0.1) is 0 Å². The maximum absolute atomic E-state index is 11.8. The van der Waals surface area contributed by atoms with Gasteiger partial charge in [0.05, 0.1) is 24.6 Å². The lowest BCUT2D eigenvalue weighted by molar-refractivity contribution is 0.0956. The van der Waals surface area contributed by atoms with Gasteiger partial charge < -0.3 is 25.4 Å². The van der Waals surface area contributed by atoms with Crippen LogP contribution in [-0.4, -0.2) is 53.0 Å². The Bertz CT molecular complexity index is 444. The number of ether oxygens (including phenoxy) is 2. The smallest absolute Gasteiger partial charge is 0.251 e. The average Bonchev–Trinajstić information content (AvgIpc) is 2.48.